The van der Waals surface area contributed by atoms with Crippen LogP contribution in [0.3, 0.4) is 0 Å². The molecule has 148 valence electrons. The third-order valence-corrected chi connectivity index (χ3v) is 5.23. The average molecular weight is 382 g/mol. The minimum absolute atomic E-state index is 0.675. The summed E-state index contributed by atoms with van der Waals surface area (Å²) in [4.78, 5) is 11.7. The summed E-state index contributed by atoms with van der Waals surface area (Å²) in [6.07, 6.45) is 4.61. The highest BCUT2D eigenvalue weighted by Gasteiger charge is 2.15. The fourth-order valence-corrected chi connectivity index (χ4v) is 3.67. The predicted octanol–water partition coefficient (Wildman–Crippen LogP) is 2.90. The summed E-state index contributed by atoms with van der Waals surface area (Å²) < 4.78 is 5.62. The van der Waals surface area contributed by atoms with Crippen molar-refractivity contribution in [2.75, 3.05) is 50.8 Å². The molecular formula is C19H35N5OS. The third-order valence-electron chi connectivity index (χ3n) is 4.28. The highest BCUT2D eigenvalue weighted by molar-refractivity contribution is 7.13. The molecule has 1 aliphatic heterocycles. The van der Waals surface area contributed by atoms with Crippen LogP contribution in [0.4, 0.5) is 5.13 Å². The van der Waals surface area contributed by atoms with Crippen LogP contribution in [0, 0.1) is 5.92 Å². The van der Waals surface area contributed by atoms with Gasteiger partial charge >= 0.3 is 0 Å². The van der Waals surface area contributed by atoms with Crippen LogP contribution in [0.5, 0.6) is 0 Å². The average Bonchev–Trinajstić information content (AvgIpc) is 3.28. The second-order valence-corrected chi connectivity index (χ2v) is 7.88. The molecule has 7 heteroatoms. The Labute approximate surface area is 162 Å². The molecule has 2 N–H and O–H groups in total. The van der Waals surface area contributed by atoms with Crippen LogP contribution in [0.1, 0.15) is 45.7 Å². The van der Waals surface area contributed by atoms with Crippen molar-refractivity contribution in [3.05, 3.63) is 11.1 Å². The molecule has 6 nitrogen and oxygen atoms in total. The molecule has 0 aliphatic carbocycles. The number of guanidine groups is 1. The first-order valence-electron chi connectivity index (χ1n) is 9.98. The second kappa shape index (κ2) is 12.1. The number of thiazole rings is 1. The van der Waals surface area contributed by atoms with Crippen molar-refractivity contribution in [1.82, 2.24) is 15.6 Å². The van der Waals surface area contributed by atoms with Crippen molar-refractivity contribution in [1.29, 1.82) is 0 Å². The van der Waals surface area contributed by atoms with Gasteiger partial charge in [0.1, 0.15) is 0 Å². The maximum atomic E-state index is 5.62. The summed E-state index contributed by atoms with van der Waals surface area (Å²) in [6.45, 7) is 12.7. The van der Waals surface area contributed by atoms with Crippen molar-refractivity contribution in [3.63, 3.8) is 0 Å². The number of hydrogen-bond acceptors (Lipinski definition) is 5. The molecule has 1 aromatic rings. The molecule has 1 fully saturated rings. The molecule has 26 heavy (non-hydrogen) atoms. The van der Waals surface area contributed by atoms with E-state index in [1.54, 1.807) is 11.3 Å². The standard InChI is InChI=1S/C19H35N5OS/c1-4-20-18(22-10-14-25-13-8-16(2)3)21-9-7-17-15-26-19(23-17)24-11-5-6-12-24/h15-16H,4-14H2,1-3H3,(H2,20,21,22). The summed E-state index contributed by atoms with van der Waals surface area (Å²) >= 11 is 1.76. The van der Waals surface area contributed by atoms with E-state index in [9.17, 15) is 0 Å². The number of nitrogens with one attached hydrogen (secondary N) is 2. The van der Waals surface area contributed by atoms with Gasteiger partial charge in [0.25, 0.3) is 0 Å². The Morgan fingerprint density at radius 3 is 2.85 bits per heavy atom. The van der Waals surface area contributed by atoms with Gasteiger partial charge in [0.05, 0.1) is 18.8 Å². The van der Waals surface area contributed by atoms with Gasteiger partial charge in [0.2, 0.25) is 0 Å². The molecule has 0 amide bonds. The molecule has 0 atom stereocenters. The summed E-state index contributed by atoms with van der Waals surface area (Å²) in [6, 6.07) is 0. The maximum Gasteiger partial charge on any atom is 0.191 e. The number of aliphatic imine (C=N–C) groups is 1. The Hall–Kier alpha value is -1.34. The van der Waals surface area contributed by atoms with Crippen molar-refractivity contribution < 1.29 is 4.74 Å². The highest BCUT2D eigenvalue weighted by Crippen LogP contribution is 2.24. The molecule has 0 unspecified atom stereocenters. The maximum absolute atomic E-state index is 5.62. The summed E-state index contributed by atoms with van der Waals surface area (Å²) in [5.41, 5.74) is 1.16. The van der Waals surface area contributed by atoms with Crippen LogP contribution in [-0.4, -0.2) is 56.9 Å². The van der Waals surface area contributed by atoms with Gasteiger partial charge in [0.15, 0.2) is 11.1 Å². The Bertz CT molecular complexity index is 526. The van der Waals surface area contributed by atoms with Gasteiger partial charge in [-0.25, -0.2) is 4.98 Å². The predicted molar refractivity (Wildman–Crippen MR) is 112 cm³/mol. The molecule has 2 rings (SSSR count). The van der Waals surface area contributed by atoms with Crippen molar-refractivity contribution in [2.24, 2.45) is 10.9 Å². The van der Waals surface area contributed by atoms with Gasteiger partial charge in [-0.2, -0.15) is 0 Å². The Morgan fingerprint density at radius 1 is 1.31 bits per heavy atom. The fraction of sp³-hybridized carbons (Fsp3) is 0.789. The molecule has 0 spiro atoms. The van der Waals surface area contributed by atoms with Gasteiger partial charge in [-0.05, 0) is 32.1 Å². The van der Waals surface area contributed by atoms with Crippen LogP contribution in [0.25, 0.3) is 0 Å². The lowest BCUT2D eigenvalue weighted by Crippen LogP contribution is -2.38. The first-order chi connectivity index (χ1) is 12.7. The number of aromatic nitrogens is 1. The van der Waals surface area contributed by atoms with Crippen LogP contribution in [0.2, 0.25) is 0 Å². The zero-order valence-electron chi connectivity index (χ0n) is 16.6. The smallest absolute Gasteiger partial charge is 0.191 e. The van der Waals surface area contributed by atoms with Gasteiger partial charge in [0, 0.05) is 44.6 Å². The van der Waals surface area contributed by atoms with Crippen molar-refractivity contribution in [3.8, 4) is 0 Å². The van der Waals surface area contributed by atoms with Gasteiger partial charge in [-0.1, -0.05) is 13.8 Å². The number of ether oxygens (including phenoxy) is 1. The number of rotatable bonds is 11. The van der Waals surface area contributed by atoms with Crippen molar-refractivity contribution in [2.45, 2.75) is 46.5 Å². The van der Waals surface area contributed by atoms with Crippen LogP contribution in [-0.2, 0) is 11.2 Å². The first kappa shape index (κ1) is 21.0. The molecule has 0 aromatic carbocycles. The fourth-order valence-electron chi connectivity index (χ4n) is 2.76. The van der Waals surface area contributed by atoms with E-state index < -0.39 is 0 Å². The van der Waals surface area contributed by atoms with E-state index in [4.69, 9.17) is 9.72 Å². The quantitative estimate of drug-likeness (QED) is 0.351. The topological polar surface area (TPSA) is 61.8 Å². The summed E-state index contributed by atoms with van der Waals surface area (Å²) in [7, 11) is 0. The Morgan fingerprint density at radius 2 is 2.12 bits per heavy atom. The normalized spacial score (nSPS) is 15.1. The van der Waals surface area contributed by atoms with E-state index in [1.165, 1.54) is 18.0 Å². The summed E-state index contributed by atoms with van der Waals surface area (Å²) in [5.74, 6) is 1.55. The molecule has 1 saturated heterocycles. The number of hydrogen-bond donors (Lipinski definition) is 2. The van der Waals surface area contributed by atoms with Crippen LogP contribution < -0.4 is 15.5 Å². The van der Waals surface area contributed by atoms with E-state index >= 15 is 0 Å². The third kappa shape index (κ3) is 7.91. The molecule has 1 aromatic heterocycles. The number of nitrogens with zero attached hydrogens (tertiary/aromatic N) is 3. The lowest BCUT2D eigenvalue weighted by molar-refractivity contribution is 0.130. The van der Waals surface area contributed by atoms with Crippen LogP contribution >= 0.6 is 11.3 Å². The highest BCUT2D eigenvalue weighted by atomic mass is 32.1. The molecule has 2 heterocycles. The molecular weight excluding hydrogens is 346 g/mol. The lowest BCUT2D eigenvalue weighted by atomic mass is 10.1. The lowest BCUT2D eigenvalue weighted by Gasteiger charge is -2.12. The zero-order valence-corrected chi connectivity index (χ0v) is 17.4. The largest absolute Gasteiger partial charge is 0.380 e. The zero-order chi connectivity index (χ0) is 18.6. The molecule has 1 aliphatic rings. The van der Waals surface area contributed by atoms with E-state index in [1.807, 2.05) is 0 Å². The Kier molecular flexibility index (Phi) is 9.77. The summed E-state index contributed by atoms with van der Waals surface area (Å²) in [5, 5.41) is 10.0. The number of anilines is 1. The monoisotopic (exact) mass is 381 g/mol. The van der Waals surface area contributed by atoms with E-state index in [0.717, 1.165) is 57.3 Å². The van der Waals surface area contributed by atoms with E-state index in [2.05, 4.69) is 46.7 Å². The van der Waals surface area contributed by atoms with Gasteiger partial charge < -0.3 is 20.3 Å². The van der Waals surface area contributed by atoms with E-state index in [0.29, 0.717) is 19.1 Å². The van der Waals surface area contributed by atoms with E-state index in [-0.39, 0.29) is 0 Å². The van der Waals surface area contributed by atoms with Crippen LogP contribution in [0.15, 0.2) is 10.4 Å². The minimum Gasteiger partial charge on any atom is -0.380 e. The molecule has 0 saturated carbocycles. The SMILES string of the molecule is CCNC(=NCCOCCC(C)C)NCCc1csc(N2CCCC2)n1. The Balaban J connectivity index is 1.66. The molecule has 0 bridgehead atoms. The second-order valence-electron chi connectivity index (χ2n) is 7.05. The first-order valence-corrected chi connectivity index (χ1v) is 10.9. The van der Waals surface area contributed by atoms with Gasteiger partial charge in [-0.15, -0.1) is 11.3 Å². The van der Waals surface area contributed by atoms with Gasteiger partial charge in [-0.3, -0.25) is 4.99 Å². The molecule has 0 radical (unpaired) electrons. The minimum atomic E-state index is 0.675. The van der Waals surface area contributed by atoms with Crippen molar-refractivity contribution >= 4 is 22.4 Å².